The first-order valence-electron chi connectivity index (χ1n) is 5.64. The summed E-state index contributed by atoms with van der Waals surface area (Å²) in [5, 5.41) is 0.604. The smallest absolute Gasteiger partial charge is 0.313 e. The van der Waals surface area contributed by atoms with Crippen molar-refractivity contribution in [1.82, 2.24) is 0 Å². The van der Waals surface area contributed by atoms with Gasteiger partial charge in [-0.05, 0) is 18.3 Å². The molecule has 0 heterocycles. The number of ether oxygens (including phenoxy) is 1. The minimum Gasteiger partial charge on any atom is -0.469 e. The Morgan fingerprint density at radius 1 is 1.47 bits per heavy atom. The van der Waals surface area contributed by atoms with E-state index in [0.717, 1.165) is 6.42 Å². The van der Waals surface area contributed by atoms with Crippen LogP contribution in [0.1, 0.15) is 26.7 Å². The summed E-state index contributed by atoms with van der Waals surface area (Å²) in [6.45, 7) is 4.02. The Hall–Kier alpha value is 0.1000. The summed E-state index contributed by atoms with van der Waals surface area (Å²) in [5.74, 6) is -0.130. The molecule has 0 amide bonds. The highest BCUT2D eigenvalue weighted by Crippen LogP contribution is 2.72. The molecule has 2 bridgehead atoms. The number of fused-ring (bicyclic) bond motifs is 2. The van der Waals surface area contributed by atoms with E-state index in [0.29, 0.717) is 11.8 Å². The molecule has 3 nitrogen and oxygen atoms in total. The Kier molecular flexibility index (Phi) is 3.02. The Morgan fingerprint density at radius 3 is 2.47 bits per heavy atom. The van der Waals surface area contributed by atoms with Crippen LogP contribution >= 0.6 is 31.9 Å². The van der Waals surface area contributed by atoms with Gasteiger partial charge in [0.2, 0.25) is 0 Å². The standard InChI is InChI=1S/C12H16Br2O3/c1-10(2)11(6-13)4-5-12(10,9(16)17-3)7(14)8(11)15/h7H,4-6H2,1-3H3/t7-,11+,12-/m0/s1. The van der Waals surface area contributed by atoms with Crippen molar-refractivity contribution in [3.8, 4) is 0 Å². The summed E-state index contributed by atoms with van der Waals surface area (Å²) in [7, 11) is 1.39. The molecule has 96 valence electrons. The SMILES string of the molecule is COC(=O)[C@]12CC[C@@](CBr)(C(=O)[C@@H]1Br)C2(C)C. The lowest BCUT2D eigenvalue weighted by molar-refractivity contribution is -0.157. The lowest BCUT2D eigenvalue weighted by atomic mass is 9.65. The van der Waals surface area contributed by atoms with Gasteiger partial charge in [0.05, 0.1) is 17.4 Å². The molecular formula is C12H16Br2O3. The number of carbonyl (C=O) groups is 2. The normalized spacial score (nSPS) is 42.9. The second kappa shape index (κ2) is 3.80. The number of alkyl halides is 2. The molecule has 17 heavy (non-hydrogen) atoms. The predicted molar refractivity (Wildman–Crippen MR) is 71.4 cm³/mol. The highest BCUT2D eigenvalue weighted by atomic mass is 79.9. The summed E-state index contributed by atoms with van der Waals surface area (Å²) in [6.07, 6.45) is 1.46. The van der Waals surface area contributed by atoms with Gasteiger partial charge in [-0.15, -0.1) is 0 Å². The van der Waals surface area contributed by atoms with Crippen LogP contribution in [0.3, 0.4) is 0 Å². The molecule has 0 radical (unpaired) electrons. The molecule has 2 saturated carbocycles. The van der Waals surface area contributed by atoms with Gasteiger partial charge < -0.3 is 4.74 Å². The van der Waals surface area contributed by atoms with Crippen molar-refractivity contribution in [2.24, 2.45) is 16.2 Å². The molecule has 0 saturated heterocycles. The van der Waals surface area contributed by atoms with Crippen molar-refractivity contribution < 1.29 is 14.3 Å². The van der Waals surface area contributed by atoms with Gasteiger partial charge in [-0.3, -0.25) is 9.59 Å². The van der Waals surface area contributed by atoms with Gasteiger partial charge in [0, 0.05) is 10.7 Å². The van der Waals surface area contributed by atoms with Gasteiger partial charge in [0.25, 0.3) is 0 Å². The predicted octanol–water partition coefficient (Wildman–Crippen LogP) is 2.69. The number of hydrogen-bond acceptors (Lipinski definition) is 3. The second-order valence-corrected chi connectivity index (χ2v) is 7.01. The third-order valence-electron chi connectivity index (χ3n) is 5.17. The zero-order chi connectivity index (χ0) is 13.1. The quantitative estimate of drug-likeness (QED) is 0.556. The number of esters is 1. The van der Waals surface area contributed by atoms with Crippen LogP contribution in [0.25, 0.3) is 0 Å². The van der Waals surface area contributed by atoms with E-state index in [9.17, 15) is 9.59 Å². The van der Waals surface area contributed by atoms with Crippen LogP contribution in [0.4, 0.5) is 0 Å². The van der Waals surface area contributed by atoms with Gasteiger partial charge in [0.15, 0.2) is 5.78 Å². The van der Waals surface area contributed by atoms with Crippen LogP contribution in [0.2, 0.25) is 0 Å². The number of Topliss-reactive ketones (excluding diaryl/α,β-unsaturated/α-hetero) is 1. The molecule has 2 aliphatic rings. The fourth-order valence-electron chi connectivity index (χ4n) is 3.75. The average molecular weight is 368 g/mol. The molecule has 0 N–H and O–H groups in total. The highest BCUT2D eigenvalue weighted by molar-refractivity contribution is 9.10. The molecule has 0 aromatic carbocycles. The lowest BCUT2D eigenvalue weighted by Gasteiger charge is -2.39. The largest absolute Gasteiger partial charge is 0.469 e. The zero-order valence-electron chi connectivity index (χ0n) is 10.2. The Balaban J connectivity index is 2.63. The maximum Gasteiger partial charge on any atom is 0.313 e. The number of hydrogen-bond donors (Lipinski definition) is 0. The van der Waals surface area contributed by atoms with Crippen molar-refractivity contribution in [2.75, 3.05) is 12.4 Å². The van der Waals surface area contributed by atoms with E-state index < -0.39 is 15.7 Å². The molecule has 0 spiro atoms. The van der Waals surface area contributed by atoms with E-state index in [2.05, 4.69) is 31.9 Å². The van der Waals surface area contributed by atoms with Crippen LogP contribution in [0, 0.1) is 16.2 Å². The van der Waals surface area contributed by atoms with E-state index in [1.807, 2.05) is 13.8 Å². The zero-order valence-corrected chi connectivity index (χ0v) is 13.4. The van der Waals surface area contributed by atoms with Crippen molar-refractivity contribution in [3.63, 3.8) is 0 Å². The minimum atomic E-state index is -0.716. The molecular weight excluding hydrogens is 352 g/mol. The Morgan fingerprint density at radius 2 is 2.06 bits per heavy atom. The first-order valence-corrected chi connectivity index (χ1v) is 7.68. The fraction of sp³-hybridized carbons (Fsp3) is 0.833. The molecule has 0 aromatic heterocycles. The van der Waals surface area contributed by atoms with Crippen molar-refractivity contribution in [2.45, 2.75) is 31.5 Å². The van der Waals surface area contributed by atoms with Gasteiger partial charge in [0.1, 0.15) is 0 Å². The van der Waals surface area contributed by atoms with Crippen LogP contribution in [0.15, 0.2) is 0 Å². The Labute approximate surface area is 118 Å². The van der Waals surface area contributed by atoms with E-state index in [1.165, 1.54) is 7.11 Å². The average Bonchev–Trinajstić information content (AvgIpc) is 2.61. The van der Waals surface area contributed by atoms with Crippen LogP contribution in [0.5, 0.6) is 0 Å². The number of rotatable bonds is 2. The molecule has 5 heteroatoms. The molecule has 3 atom stereocenters. The maximum absolute atomic E-state index is 12.5. The highest BCUT2D eigenvalue weighted by Gasteiger charge is 2.78. The monoisotopic (exact) mass is 366 g/mol. The summed E-state index contributed by atoms with van der Waals surface area (Å²) < 4.78 is 4.96. The number of ketones is 1. The maximum atomic E-state index is 12.5. The second-order valence-electron chi connectivity index (χ2n) is 5.53. The van der Waals surface area contributed by atoms with E-state index in [-0.39, 0.29) is 17.2 Å². The fourth-order valence-corrected chi connectivity index (χ4v) is 6.43. The van der Waals surface area contributed by atoms with Gasteiger partial charge in [-0.1, -0.05) is 45.7 Å². The van der Waals surface area contributed by atoms with Crippen molar-refractivity contribution in [1.29, 1.82) is 0 Å². The summed E-state index contributed by atoms with van der Waals surface area (Å²) in [6, 6.07) is 0. The Bertz CT molecular complexity index is 393. The summed E-state index contributed by atoms with van der Waals surface area (Å²) in [4.78, 5) is 24.3. The first kappa shape index (κ1) is 13.5. The number of carbonyl (C=O) groups excluding carboxylic acids is 2. The van der Waals surface area contributed by atoms with Crippen LogP contribution < -0.4 is 0 Å². The number of methoxy groups -OCH3 is 1. The van der Waals surface area contributed by atoms with Crippen LogP contribution in [-0.2, 0) is 14.3 Å². The topological polar surface area (TPSA) is 43.4 Å². The van der Waals surface area contributed by atoms with Crippen LogP contribution in [-0.4, -0.2) is 29.0 Å². The molecule has 0 unspecified atom stereocenters. The molecule has 0 aliphatic heterocycles. The lowest BCUT2D eigenvalue weighted by Crippen LogP contribution is -2.45. The molecule has 0 aromatic rings. The summed E-state index contributed by atoms with van der Waals surface area (Å²) in [5.41, 5.74) is -1.55. The first-order chi connectivity index (χ1) is 7.81. The number of halogens is 2. The third-order valence-corrected chi connectivity index (χ3v) is 7.32. The van der Waals surface area contributed by atoms with E-state index >= 15 is 0 Å². The molecule has 2 rings (SSSR count). The van der Waals surface area contributed by atoms with Gasteiger partial charge in [-0.2, -0.15) is 0 Å². The van der Waals surface area contributed by atoms with Crippen molar-refractivity contribution >= 4 is 43.6 Å². The van der Waals surface area contributed by atoms with Gasteiger partial charge in [-0.25, -0.2) is 0 Å². The van der Waals surface area contributed by atoms with E-state index in [4.69, 9.17) is 4.74 Å². The summed E-state index contributed by atoms with van der Waals surface area (Å²) >= 11 is 6.90. The minimum absolute atomic E-state index is 0.135. The van der Waals surface area contributed by atoms with E-state index in [1.54, 1.807) is 0 Å². The van der Waals surface area contributed by atoms with Crippen molar-refractivity contribution in [3.05, 3.63) is 0 Å². The molecule has 2 fully saturated rings. The third kappa shape index (κ3) is 1.18. The molecule has 2 aliphatic carbocycles. The van der Waals surface area contributed by atoms with Gasteiger partial charge >= 0.3 is 5.97 Å².